The van der Waals surface area contributed by atoms with Gasteiger partial charge in [0, 0.05) is 6.20 Å². The Morgan fingerprint density at radius 2 is 2.21 bits per heavy atom. The van der Waals surface area contributed by atoms with E-state index in [0.717, 1.165) is 12.3 Å². The van der Waals surface area contributed by atoms with Crippen molar-refractivity contribution in [2.75, 3.05) is 12.3 Å². The van der Waals surface area contributed by atoms with Crippen molar-refractivity contribution >= 4 is 18.2 Å². The number of hydrogen-bond donors (Lipinski definition) is 3. The molecule has 1 saturated heterocycles. The zero-order valence-electron chi connectivity index (χ0n) is 9.44. The summed E-state index contributed by atoms with van der Waals surface area (Å²) in [6.07, 6.45) is -4.69. The summed E-state index contributed by atoms with van der Waals surface area (Å²) in [6.45, 7) is -0.787. The maximum Gasteiger partial charge on any atom is 0.351 e. The fourth-order valence-electron chi connectivity index (χ4n) is 1.72. The third kappa shape index (κ3) is 2.54. The smallest absolute Gasteiger partial charge is 0.351 e. The number of hydrogen-bond acceptors (Lipinski definition) is 6. The van der Waals surface area contributed by atoms with Crippen LogP contribution in [0, 0.1) is 0 Å². The number of nitrogens with two attached hydrogens (primary N) is 1. The molecule has 2 heterocycles. The van der Waals surface area contributed by atoms with Gasteiger partial charge >= 0.3 is 11.6 Å². The van der Waals surface area contributed by atoms with Crippen LogP contribution in [0.15, 0.2) is 17.1 Å². The lowest BCUT2D eigenvalue weighted by Gasteiger charge is -2.20. The SMILES string of the molecule is Cl.Nc1ccn([C@@H]2O[C@H](CO)C(O)C2(F)F)c(=O)n1. The standard InChI is InChI=1S/C9H11F2N3O4.ClH/c10-9(11)6(16)4(3-15)18-7(9)14-2-1-5(12)13-8(14)17;/h1-2,4,6-7,15-16H,3H2,(H2,12,13,17);1H/t4-,6?,7-;/m1./s1. The molecule has 1 unspecified atom stereocenters. The van der Waals surface area contributed by atoms with Gasteiger partial charge in [0.25, 0.3) is 0 Å². The van der Waals surface area contributed by atoms with Crippen LogP contribution in [0.5, 0.6) is 0 Å². The number of halogens is 3. The van der Waals surface area contributed by atoms with Crippen molar-refractivity contribution in [3.8, 4) is 0 Å². The van der Waals surface area contributed by atoms with Gasteiger partial charge in [-0.25, -0.2) is 4.79 Å². The number of aliphatic hydroxyl groups excluding tert-OH is 2. The summed E-state index contributed by atoms with van der Waals surface area (Å²) >= 11 is 0. The fraction of sp³-hybridized carbons (Fsp3) is 0.556. The Morgan fingerprint density at radius 1 is 1.58 bits per heavy atom. The number of ether oxygens (including phenoxy) is 1. The van der Waals surface area contributed by atoms with Gasteiger partial charge in [-0.15, -0.1) is 12.4 Å². The van der Waals surface area contributed by atoms with E-state index in [-0.39, 0.29) is 18.2 Å². The Kier molecular flexibility index (Phi) is 4.46. The minimum Gasteiger partial charge on any atom is -0.394 e. The summed E-state index contributed by atoms with van der Waals surface area (Å²) in [5, 5.41) is 18.1. The Labute approximate surface area is 112 Å². The van der Waals surface area contributed by atoms with Crippen molar-refractivity contribution in [3.63, 3.8) is 0 Å². The van der Waals surface area contributed by atoms with Crippen LogP contribution in [0.1, 0.15) is 6.23 Å². The molecular weight excluding hydrogens is 288 g/mol. The molecule has 10 heteroatoms. The van der Waals surface area contributed by atoms with Crippen molar-refractivity contribution in [2.45, 2.75) is 24.4 Å². The van der Waals surface area contributed by atoms with Gasteiger partial charge in [0.1, 0.15) is 11.9 Å². The monoisotopic (exact) mass is 299 g/mol. The highest BCUT2D eigenvalue weighted by atomic mass is 35.5. The summed E-state index contributed by atoms with van der Waals surface area (Å²) in [7, 11) is 0. The molecular formula is C9H12ClF2N3O4. The number of aliphatic hydroxyl groups is 2. The highest BCUT2D eigenvalue weighted by Crippen LogP contribution is 2.41. The zero-order chi connectivity index (χ0) is 13.5. The van der Waals surface area contributed by atoms with Crippen LogP contribution in [-0.2, 0) is 4.74 Å². The number of nitrogens with zero attached hydrogens (tertiary/aromatic N) is 2. The lowest BCUT2D eigenvalue weighted by molar-refractivity contribution is -0.140. The zero-order valence-corrected chi connectivity index (χ0v) is 10.3. The number of alkyl halides is 2. The summed E-state index contributed by atoms with van der Waals surface area (Å²) in [6, 6.07) is 1.15. The number of aromatic nitrogens is 2. The van der Waals surface area contributed by atoms with E-state index in [1.54, 1.807) is 0 Å². The van der Waals surface area contributed by atoms with Crippen LogP contribution in [0.4, 0.5) is 14.6 Å². The molecule has 0 amide bonds. The Balaban J connectivity index is 0.00000180. The van der Waals surface area contributed by atoms with E-state index in [1.165, 1.54) is 0 Å². The molecule has 1 aromatic rings. The van der Waals surface area contributed by atoms with Crippen molar-refractivity contribution in [1.82, 2.24) is 9.55 Å². The Morgan fingerprint density at radius 3 is 2.68 bits per heavy atom. The van der Waals surface area contributed by atoms with E-state index in [0.29, 0.717) is 4.57 Å². The highest BCUT2D eigenvalue weighted by Gasteiger charge is 2.59. The van der Waals surface area contributed by atoms with Crippen LogP contribution >= 0.6 is 12.4 Å². The molecule has 108 valence electrons. The average molecular weight is 300 g/mol. The molecule has 1 aliphatic rings. The molecule has 19 heavy (non-hydrogen) atoms. The largest absolute Gasteiger partial charge is 0.394 e. The first kappa shape index (κ1) is 15.8. The summed E-state index contributed by atoms with van der Waals surface area (Å²) in [5.41, 5.74) is 4.21. The van der Waals surface area contributed by atoms with Gasteiger partial charge in [-0.2, -0.15) is 13.8 Å². The van der Waals surface area contributed by atoms with Crippen molar-refractivity contribution in [2.24, 2.45) is 0 Å². The topological polar surface area (TPSA) is 111 Å². The minimum absolute atomic E-state index is 0. The van der Waals surface area contributed by atoms with Gasteiger partial charge in [0.05, 0.1) is 6.61 Å². The predicted octanol–water partition coefficient (Wildman–Crippen LogP) is -0.867. The second-order valence-electron chi connectivity index (χ2n) is 3.87. The molecule has 3 atom stereocenters. The van der Waals surface area contributed by atoms with Gasteiger partial charge in [-0.1, -0.05) is 0 Å². The van der Waals surface area contributed by atoms with Crippen LogP contribution in [0.25, 0.3) is 0 Å². The Hall–Kier alpha value is -1.29. The first-order valence-corrected chi connectivity index (χ1v) is 5.04. The predicted molar refractivity (Wildman–Crippen MR) is 62.1 cm³/mol. The van der Waals surface area contributed by atoms with Gasteiger partial charge in [-0.05, 0) is 6.07 Å². The molecule has 1 fully saturated rings. The number of nitrogen functional groups attached to an aromatic ring is 1. The lowest BCUT2D eigenvalue weighted by atomic mass is 10.1. The van der Waals surface area contributed by atoms with Crippen LogP contribution in [0.3, 0.4) is 0 Å². The molecule has 0 saturated carbocycles. The second kappa shape index (κ2) is 5.37. The number of anilines is 1. The van der Waals surface area contributed by atoms with Gasteiger partial charge in [0.2, 0.25) is 6.23 Å². The van der Waals surface area contributed by atoms with Gasteiger partial charge < -0.3 is 20.7 Å². The molecule has 0 bridgehead atoms. The van der Waals surface area contributed by atoms with E-state index in [9.17, 15) is 18.7 Å². The number of rotatable bonds is 2. The van der Waals surface area contributed by atoms with Crippen molar-refractivity contribution in [3.05, 3.63) is 22.7 Å². The normalized spacial score (nSPS) is 28.9. The van der Waals surface area contributed by atoms with E-state index in [4.69, 9.17) is 15.6 Å². The molecule has 0 spiro atoms. The third-order valence-corrected chi connectivity index (χ3v) is 2.66. The highest BCUT2D eigenvalue weighted by molar-refractivity contribution is 5.85. The fourth-order valence-corrected chi connectivity index (χ4v) is 1.72. The molecule has 0 aliphatic carbocycles. The third-order valence-electron chi connectivity index (χ3n) is 2.66. The molecule has 0 radical (unpaired) electrons. The van der Waals surface area contributed by atoms with E-state index in [1.807, 2.05) is 0 Å². The van der Waals surface area contributed by atoms with Gasteiger partial charge in [0.15, 0.2) is 6.10 Å². The molecule has 0 aromatic carbocycles. The second-order valence-corrected chi connectivity index (χ2v) is 3.87. The van der Waals surface area contributed by atoms with Gasteiger partial charge in [-0.3, -0.25) is 4.57 Å². The quantitative estimate of drug-likeness (QED) is 0.655. The first-order valence-electron chi connectivity index (χ1n) is 5.04. The molecule has 1 aromatic heterocycles. The van der Waals surface area contributed by atoms with E-state index in [2.05, 4.69) is 4.98 Å². The summed E-state index contributed by atoms with van der Waals surface area (Å²) < 4.78 is 32.7. The average Bonchev–Trinajstić information content (AvgIpc) is 2.52. The maximum atomic E-state index is 13.7. The van der Waals surface area contributed by atoms with E-state index < -0.39 is 36.7 Å². The van der Waals surface area contributed by atoms with Crippen molar-refractivity contribution in [1.29, 1.82) is 0 Å². The Bertz CT molecular complexity index is 512. The van der Waals surface area contributed by atoms with Crippen molar-refractivity contribution < 1.29 is 23.7 Å². The first-order chi connectivity index (χ1) is 8.37. The van der Waals surface area contributed by atoms with Crippen LogP contribution in [-0.4, -0.2) is 44.5 Å². The molecule has 4 N–H and O–H groups in total. The summed E-state index contributed by atoms with van der Waals surface area (Å²) in [4.78, 5) is 14.7. The molecule has 7 nitrogen and oxygen atoms in total. The van der Waals surface area contributed by atoms with Crippen LogP contribution < -0.4 is 11.4 Å². The summed E-state index contributed by atoms with van der Waals surface area (Å²) in [5.74, 6) is -3.83. The minimum atomic E-state index is -3.71. The maximum absolute atomic E-state index is 13.7. The van der Waals surface area contributed by atoms with E-state index >= 15 is 0 Å². The lowest BCUT2D eigenvalue weighted by Crippen LogP contribution is -2.41. The van der Waals surface area contributed by atoms with Crippen LogP contribution in [0.2, 0.25) is 0 Å². The molecule has 2 rings (SSSR count). The molecule has 1 aliphatic heterocycles.